The number of halogens is 3. The Bertz CT molecular complexity index is 577. The minimum atomic E-state index is -4.50. The summed E-state index contributed by atoms with van der Waals surface area (Å²) in [5, 5.41) is 12.1. The molecule has 0 spiro atoms. The van der Waals surface area contributed by atoms with Gasteiger partial charge in [0, 0.05) is 12.1 Å². The number of piperidine rings is 1. The first-order valence-electron chi connectivity index (χ1n) is 7.74. The number of para-hydroxylation sites is 1. The number of hydrogen-bond acceptors (Lipinski definition) is 3. The number of aliphatic hydroxyl groups is 1. The molecule has 0 aliphatic carbocycles. The normalized spacial score (nSPS) is 27.9. The zero-order valence-corrected chi connectivity index (χ0v) is 12.5. The number of rotatable bonds is 3. The van der Waals surface area contributed by atoms with Crippen molar-refractivity contribution in [3.63, 3.8) is 0 Å². The Balaban J connectivity index is 1.67. The molecule has 4 nitrogen and oxygen atoms in total. The number of carbonyl (C=O) groups is 1. The summed E-state index contributed by atoms with van der Waals surface area (Å²) in [4.78, 5) is 14.2. The van der Waals surface area contributed by atoms with E-state index in [1.54, 1.807) is 0 Å². The van der Waals surface area contributed by atoms with Crippen LogP contribution in [0.4, 0.5) is 18.9 Å². The number of alkyl halides is 3. The third-order valence-electron chi connectivity index (χ3n) is 4.69. The van der Waals surface area contributed by atoms with E-state index in [1.165, 1.54) is 18.2 Å². The lowest BCUT2D eigenvalue weighted by Gasteiger charge is -2.36. The van der Waals surface area contributed by atoms with Crippen molar-refractivity contribution in [3.05, 3.63) is 29.8 Å². The van der Waals surface area contributed by atoms with Crippen molar-refractivity contribution in [2.24, 2.45) is 0 Å². The molecule has 1 aromatic rings. The van der Waals surface area contributed by atoms with Crippen LogP contribution < -0.4 is 5.32 Å². The summed E-state index contributed by atoms with van der Waals surface area (Å²) < 4.78 is 38.8. The predicted molar refractivity (Wildman–Crippen MR) is 78.8 cm³/mol. The number of nitrogens with zero attached hydrogens (tertiary/aromatic N) is 1. The first-order chi connectivity index (χ1) is 10.8. The van der Waals surface area contributed by atoms with Crippen LogP contribution >= 0.6 is 0 Å². The number of nitrogens with one attached hydrogen (secondary N) is 1. The van der Waals surface area contributed by atoms with Crippen LogP contribution in [-0.4, -0.2) is 40.6 Å². The van der Waals surface area contributed by atoms with Gasteiger partial charge in [0.1, 0.15) is 0 Å². The second kappa shape index (κ2) is 6.13. The molecule has 1 aromatic carbocycles. The van der Waals surface area contributed by atoms with E-state index in [0.717, 1.165) is 18.9 Å². The van der Waals surface area contributed by atoms with Crippen LogP contribution in [0.15, 0.2) is 24.3 Å². The monoisotopic (exact) mass is 328 g/mol. The molecular formula is C16H19F3N2O2. The summed E-state index contributed by atoms with van der Waals surface area (Å²) in [5.41, 5.74) is -1.06. The summed E-state index contributed by atoms with van der Waals surface area (Å²) >= 11 is 0. The molecule has 2 aliphatic rings. The lowest BCUT2D eigenvalue weighted by Crippen LogP contribution is -2.47. The number of amides is 1. The molecule has 126 valence electrons. The average molecular weight is 328 g/mol. The van der Waals surface area contributed by atoms with Gasteiger partial charge in [0.05, 0.1) is 23.9 Å². The van der Waals surface area contributed by atoms with Crippen molar-refractivity contribution in [3.8, 4) is 0 Å². The topological polar surface area (TPSA) is 52.6 Å². The predicted octanol–water partition coefficient (Wildman–Crippen LogP) is 2.63. The fourth-order valence-corrected chi connectivity index (χ4v) is 3.70. The molecule has 7 heteroatoms. The van der Waals surface area contributed by atoms with E-state index >= 15 is 0 Å². The Hall–Kier alpha value is -1.60. The molecule has 2 aliphatic heterocycles. The third kappa shape index (κ3) is 3.50. The number of aliphatic hydroxyl groups excluding tert-OH is 1. The SMILES string of the molecule is O=C(CN1C2CCC1CC(O)C2)Nc1ccccc1C(F)(F)F. The second-order valence-corrected chi connectivity index (χ2v) is 6.27. The number of fused-ring (bicyclic) bond motifs is 2. The molecule has 23 heavy (non-hydrogen) atoms. The molecule has 3 rings (SSSR count). The highest BCUT2D eigenvalue weighted by atomic mass is 19.4. The van der Waals surface area contributed by atoms with Crippen LogP contribution in [0.2, 0.25) is 0 Å². The number of hydrogen-bond donors (Lipinski definition) is 2. The van der Waals surface area contributed by atoms with Gasteiger partial charge in [0.15, 0.2) is 0 Å². The van der Waals surface area contributed by atoms with Gasteiger partial charge in [-0.05, 0) is 37.8 Å². The molecular weight excluding hydrogens is 309 g/mol. The zero-order chi connectivity index (χ0) is 16.6. The average Bonchev–Trinajstić information content (AvgIpc) is 2.69. The van der Waals surface area contributed by atoms with Crippen molar-refractivity contribution >= 4 is 11.6 Å². The fraction of sp³-hybridized carbons (Fsp3) is 0.562. The van der Waals surface area contributed by atoms with Crippen molar-refractivity contribution in [1.29, 1.82) is 0 Å². The standard InChI is InChI=1S/C16H19F3N2O2/c17-16(18,19)13-3-1-2-4-14(13)20-15(23)9-21-10-5-6-11(21)8-12(22)7-10/h1-4,10-12,22H,5-9H2,(H,20,23). The van der Waals surface area contributed by atoms with E-state index < -0.39 is 17.6 Å². The fourth-order valence-electron chi connectivity index (χ4n) is 3.70. The van der Waals surface area contributed by atoms with E-state index in [4.69, 9.17) is 0 Å². The lowest BCUT2D eigenvalue weighted by atomic mass is 10.00. The van der Waals surface area contributed by atoms with Gasteiger partial charge in [-0.3, -0.25) is 9.69 Å². The second-order valence-electron chi connectivity index (χ2n) is 6.27. The van der Waals surface area contributed by atoms with Crippen molar-refractivity contribution < 1.29 is 23.1 Å². The highest BCUT2D eigenvalue weighted by Gasteiger charge is 2.41. The number of benzene rings is 1. The molecule has 2 unspecified atom stereocenters. The Morgan fingerprint density at radius 2 is 1.83 bits per heavy atom. The van der Waals surface area contributed by atoms with Crippen LogP contribution in [0.1, 0.15) is 31.2 Å². The molecule has 2 atom stereocenters. The van der Waals surface area contributed by atoms with Crippen LogP contribution in [0, 0.1) is 0 Å². The van der Waals surface area contributed by atoms with Crippen LogP contribution in [0.25, 0.3) is 0 Å². The molecule has 2 N–H and O–H groups in total. The molecule has 2 fully saturated rings. The van der Waals surface area contributed by atoms with Gasteiger partial charge in [-0.1, -0.05) is 12.1 Å². The van der Waals surface area contributed by atoms with Gasteiger partial charge >= 0.3 is 6.18 Å². The van der Waals surface area contributed by atoms with Gasteiger partial charge in [-0.2, -0.15) is 13.2 Å². The quantitative estimate of drug-likeness (QED) is 0.897. The first-order valence-corrected chi connectivity index (χ1v) is 7.74. The molecule has 0 radical (unpaired) electrons. The molecule has 1 amide bonds. The highest BCUT2D eigenvalue weighted by Crippen LogP contribution is 2.36. The minimum absolute atomic E-state index is 0.0637. The van der Waals surface area contributed by atoms with E-state index in [1.807, 2.05) is 4.90 Å². The van der Waals surface area contributed by atoms with Crippen LogP contribution in [0.3, 0.4) is 0 Å². The van der Waals surface area contributed by atoms with Gasteiger partial charge in [-0.25, -0.2) is 0 Å². The maximum atomic E-state index is 12.9. The Morgan fingerprint density at radius 1 is 1.22 bits per heavy atom. The van der Waals surface area contributed by atoms with E-state index in [9.17, 15) is 23.1 Å². The first kappa shape index (κ1) is 16.3. The summed E-state index contributed by atoms with van der Waals surface area (Å²) in [6, 6.07) is 5.27. The zero-order valence-electron chi connectivity index (χ0n) is 12.5. The maximum absolute atomic E-state index is 12.9. The third-order valence-corrected chi connectivity index (χ3v) is 4.69. The molecule has 0 aromatic heterocycles. The Labute approximate surface area is 132 Å². The summed E-state index contributed by atoms with van der Waals surface area (Å²) in [6.07, 6.45) is -1.73. The molecule has 2 saturated heterocycles. The van der Waals surface area contributed by atoms with E-state index in [0.29, 0.717) is 12.8 Å². The maximum Gasteiger partial charge on any atom is 0.418 e. The number of carbonyl (C=O) groups excluding carboxylic acids is 1. The van der Waals surface area contributed by atoms with Crippen LogP contribution in [0.5, 0.6) is 0 Å². The molecule has 2 heterocycles. The highest BCUT2D eigenvalue weighted by molar-refractivity contribution is 5.93. The van der Waals surface area contributed by atoms with Gasteiger partial charge in [0.25, 0.3) is 0 Å². The van der Waals surface area contributed by atoms with Crippen LogP contribution in [-0.2, 0) is 11.0 Å². The van der Waals surface area contributed by atoms with E-state index in [2.05, 4.69) is 5.32 Å². The molecule has 0 saturated carbocycles. The minimum Gasteiger partial charge on any atom is -0.393 e. The van der Waals surface area contributed by atoms with Gasteiger partial charge < -0.3 is 10.4 Å². The Kier molecular flexibility index (Phi) is 4.33. The summed E-state index contributed by atoms with van der Waals surface area (Å²) in [7, 11) is 0. The van der Waals surface area contributed by atoms with Crippen molar-refractivity contribution in [2.45, 2.75) is 50.0 Å². The van der Waals surface area contributed by atoms with E-state index in [-0.39, 0.29) is 30.4 Å². The summed E-state index contributed by atoms with van der Waals surface area (Å²) in [6.45, 7) is 0.0637. The molecule has 2 bridgehead atoms. The van der Waals surface area contributed by atoms with Gasteiger partial charge in [0.2, 0.25) is 5.91 Å². The van der Waals surface area contributed by atoms with Crippen molar-refractivity contribution in [1.82, 2.24) is 4.90 Å². The number of anilines is 1. The largest absolute Gasteiger partial charge is 0.418 e. The Morgan fingerprint density at radius 3 is 2.43 bits per heavy atom. The smallest absolute Gasteiger partial charge is 0.393 e. The summed E-state index contributed by atoms with van der Waals surface area (Å²) in [5.74, 6) is -0.449. The lowest BCUT2D eigenvalue weighted by molar-refractivity contribution is -0.137. The van der Waals surface area contributed by atoms with Crippen molar-refractivity contribution in [2.75, 3.05) is 11.9 Å². The van der Waals surface area contributed by atoms with Gasteiger partial charge in [-0.15, -0.1) is 0 Å².